The van der Waals surface area contributed by atoms with Gasteiger partial charge in [-0.25, -0.2) is 18.2 Å². The van der Waals surface area contributed by atoms with E-state index >= 15 is 0 Å². The van der Waals surface area contributed by atoms with Gasteiger partial charge in [-0.15, -0.1) is 9.24 Å². The minimum atomic E-state index is -1.55. The first-order valence-electron chi connectivity index (χ1n) is 15.8. The van der Waals surface area contributed by atoms with Crippen LogP contribution in [0.5, 0.6) is 0 Å². The van der Waals surface area contributed by atoms with Gasteiger partial charge in [0.1, 0.15) is 0 Å². The van der Waals surface area contributed by atoms with Gasteiger partial charge in [-0.1, -0.05) is 88.7 Å². The summed E-state index contributed by atoms with van der Waals surface area (Å²) in [6.45, 7) is 35.4. The molecule has 3 atom stereocenters. The summed E-state index contributed by atoms with van der Waals surface area (Å²) in [5, 5.41) is 12.0. The van der Waals surface area contributed by atoms with Crippen molar-refractivity contribution in [1.29, 1.82) is 0 Å². The van der Waals surface area contributed by atoms with Crippen molar-refractivity contribution in [3.8, 4) is 0 Å². The normalized spacial score (nSPS) is 21.8. The molecule has 0 aromatic heterocycles. The monoisotopic (exact) mass is 672 g/mol. The molecule has 2 aromatic rings. The Hall–Kier alpha value is 0.433. The third kappa shape index (κ3) is 9.01. The molecule has 0 bridgehead atoms. The van der Waals surface area contributed by atoms with Crippen molar-refractivity contribution >= 4 is 43.7 Å². The molecule has 3 unspecified atom stereocenters. The molecule has 0 saturated carbocycles. The predicted octanol–water partition coefficient (Wildman–Crippen LogP) is 7.77. The van der Waals surface area contributed by atoms with Gasteiger partial charge in [-0.05, 0) is 72.5 Å². The fourth-order valence-corrected chi connectivity index (χ4v) is 17.8. The Morgan fingerprint density at radius 1 is 0.878 bits per heavy atom. The van der Waals surface area contributed by atoms with Gasteiger partial charge >= 0.3 is 17.1 Å². The second kappa shape index (κ2) is 14.2. The topological polar surface area (TPSA) is 24.1 Å². The van der Waals surface area contributed by atoms with E-state index in [2.05, 4.69) is 107 Å². The number of hydrogen-bond donors (Lipinski definition) is 2. The van der Waals surface area contributed by atoms with E-state index in [-0.39, 0.29) is 30.1 Å². The van der Waals surface area contributed by atoms with Crippen LogP contribution in [0.1, 0.15) is 65.5 Å². The third-order valence-electron chi connectivity index (χ3n) is 9.17. The molecular formula is C34H62FeN2P2Si2. The van der Waals surface area contributed by atoms with E-state index in [1.165, 1.54) is 45.2 Å². The summed E-state index contributed by atoms with van der Waals surface area (Å²) in [4.78, 5) is 0. The molecule has 0 amide bonds. The minimum absolute atomic E-state index is 0. The van der Waals surface area contributed by atoms with Gasteiger partial charge in [0.15, 0.2) is 0 Å². The van der Waals surface area contributed by atoms with Gasteiger partial charge in [0.2, 0.25) is 0 Å². The van der Waals surface area contributed by atoms with Crippen LogP contribution < -0.4 is 21.0 Å². The standard InChI is InChI=1S/C29H57N2P2Si2.C5H5.Fe/c1-27(2,3)33(28(4,5)6)20-23-24(17-25(34(7,8)9)26(23)35(10,11)12)29(32,21-13-15-30-18-21)22-14-16-31-19-22;1-2-4-5-3-1;/h17,21-22,30-31H,13-16,18-20,32H2,1-12H3;1-5H;/q2*-1;+2. The Balaban J connectivity index is 0.000000883. The molecule has 2 N–H and O–H groups in total. The summed E-state index contributed by atoms with van der Waals surface area (Å²) in [5.74, 6) is 1.41. The van der Waals surface area contributed by atoms with Crippen molar-refractivity contribution in [1.82, 2.24) is 10.6 Å². The Kier molecular flexibility index (Phi) is 13.1. The van der Waals surface area contributed by atoms with Gasteiger partial charge in [-0.3, -0.25) is 0 Å². The van der Waals surface area contributed by atoms with Crippen molar-refractivity contribution in [2.24, 2.45) is 11.8 Å². The van der Waals surface area contributed by atoms with Gasteiger partial charge < -0.3 is 10.6 Å². The number of hydrogen-bond acceptors (Lipinski definition) is 2. The summed E-state index contributed by atoms with van der Waals surface area (Å²) >= 11 is 0. The zero-order valence-corrected chi connectivity index (χ0v) is 33.6. The molecule has 234 valence electrons. The van der Waals surface area contributed by atoms with Crippen LogP contribution in [0.4, 0.5) is 0 Å². The maximum atomic E-state index is 3.75. The van der Waals surface area contributed by atoms with E-state index in [1.807, 2.05) is 41.1 Å². The predicted molar refractivity (Wildman–Crippen MR) is 194 cm³/mol. The second-order valence-electron chi connectivity index (χ2n) is 16.5. The zero-order chi connectivity index (χ0) is 30.1. The summed E-state index contributed by atoms with van der Waals surface area (Å²) in [6.07, 6.45) is 3.91. The smallest absolute Gasteiger partial charge is 0.316 e. The molecular weight excluding hydrogens is 610 g/mol. The average Bonchev–Trinajstić information content (AvgIpc) is 3.62. The number of rotatable bonds is 7. The molecule has 0 radical (unpaired) electrons. The van der Waals surface area contributed by atoms with Gasteiger partial charge in [0.05, 0.1) is 8.07 Å². The van der Waals surface area contributed by atoms with Crippen molar-refractivity contribution in [2.45, 2.75) is 115 Å². The Morgan fingerprint density at radius 3 is 1.63 bits per heavy atom. The molecule has 4 rings (SSSR count). The van der Waals surface area contributed by atoms with Crippen LogP contribution >= 0.6 is 17.2 Å². The average molecular weight is 673 g/mol. The first-order chi connectivity index (χ1) is 18.3. The molecule has 2 aliphatic rings. The van der Waals surface area contributed by atoms with E-state index in [1.54, 1.807) is 10.8 Å². The van der Waals surface area contributed by atoms with Crippen LogP contribution in [-0.2, 0) is 28.4 Å². The van der Waals surface area contributed by atoms with E-state index in [9.17, 15) is 0 Å². The van der Waals surface area contributed by atoms with Crippen LogP contribution in [0.25, 0.3) is 0 Å². The maximum Gasteiger partial charge on any atom is 2.00 e. The summed E-state index contributed by atoms with van der Waals surface area (Å²) in [6, 6.07) is 12.8. The van der Waals surface area contributed by atoms with Crippen molar-refractivity contribution in [3.05, 3.63) is 47.5 Å². The molecule has 2 heterocycles. The Morgan fingerprint density at radius 2 is 1.34 bits per heavy atom. The molecule has 0 spiro atoms. The first kappa shape index (κ1) is 37.6. The molecule has 2 fully saturated rings. The van der Waals surface area contributed by atoms with Crippen LogP contribution in [0.15, 0.2) is 36.4 Å². The van der Waals surface area contributed by atoms with Crippen molar-refractivity contribution in [3.63, 3.8) is 0 Å². The fourth-order valence-electron chi connectivity index (χ4n) is 7.46. The molecule has 7 heteroatoms. The van der Waals surface area contributed by atoms with E-state index in [0.29, 0.717) is 22.1 Å². The van der Waals surface area contributed by atoms with Gasteiger partial charge in [0.25, 0.3) is 0 Å². The molecule has 2 aromatic carbocycles. The van der Waals surface area contributed by atoms with Gasteiger partial charge in [0, 0.05) is 8.07 Å². The van der Waals surface area contributed by atoms with E-state index < -0.39 is 16.1 Å². The largest absolute Gasteiger partial charge is 2.00 e. The molecule has 2 aliphatic heterocycles. The summed E-state index contributed by atoms with van der Waals surface area (Å²) in [7, 11) is 0.311. The van der Waals surface area contributed by atoms with Crippen LogP contribution in [0, 0.1) is 11.8 Å². The van der Waals surface area contributed by atoms with Gasteiger partial charge in [-0.2, -0.15) is 39.7 Å². The fraction of sp³-hybridized carbons (Fsp3) is 0.706. The Labute approximate surface area is 271 Å². The van der Waals surface area contributed by atoms with Crippen LogP contribution in [0.3, 0.4) is 0 Å². The van der Waals surface area contributed by atoms with E-state index in [0.717, 1.165) is 0 Å². The van der Waals surface area contributed by atoms with Crippen LogP contribution in [0.2, 0.25) is 39.3 Å². The first-order valence-corrected chi connectivity index (χ1v) is 24.9. The van der Waals surface area contributed by atoms with Crippen molar-refractivity contribution in [2.75, 3.05) is 26.2 Å². The minimum Gasteiger partial charge on any atom is -0.316 e. The maximum absolute atomic E-state index is 3.75. The Bertz CT molecular complexity index is 1010. The number of nitrogens with one attached hydrogen (secondary N) is 2. The summed E-state index contributed by atoms with van der Waals surface area (Å²) in [5.41, 5.74) is 3.56. The zero-order valence-electron chi connectivity index (χ0n) is 28.4. The SMILES string of the molecule is CC(C)(C)P(Cc1c(C(P)(C2CCNC2)C2CCNC2)cc([Si](C)(C)C)[c-]1[Si](C)(C)C)C(C)(C)C.[Fe+2].c1cc[cH-]c1. The second-order valence-corrected chi connectivity index (χ2v) is 31.4. The molecule has 41 heavy (non-hydrogen) atoms. The summed E-state index contributed by atoms with van der Waals surface area (Å²) < 4.78 is 0. The quantitative estimate of drug-likeness (QED) is 0.179. The third-order valence-corrected chi connectivity index (χ3v) is 18.6. The molecule has 2 saturated heterocycles. The molecule has 2 nitrogen and oxygen atoms in total. The van der Waals surface area contributed by atoms with Crippen LogP contribution in [-0.4, -0.2) is 52.6 Å². The molecule has 0 aliphatic carbocycles. The van der Waals surface area contributed by atoms with E-state index in [4.69, 9.17) is 0 Å². The van der Waals surface area contributed by atoms with Crippen molar-refractivity contribution < 1.29 is 17.1 Å².